The molecule has 0 amide bonds. The van der Waals surface area contributed by atoms with Crippen LogP contribution in [0.1, 0.15) is 26.7 Å². The van der Waals surface area contributed by atoms with Gasteiger partial charge < -0.3 is 10.1 Å². The van der Waals surface area contributed by atoms with Gasteiger partial charge >= 0.3 is 0 Å². The van der Waals surface area contributed by atoms with Crippen LogP contribution < -0.4 is 5.32 Å². The lowest BCUT2D eigenvalue weighted by Crippen LogP contribution is -2.67. The van der Waals surface area contributed by atoms with Crippen molar-refractivity contribution in [2.24, 2.45) is 11.3 Å². The first kappa shape index (κ1) is 14.3. The van der Waals surface area contributed by atoms with E-state index in [1.807, 2.05) is 0 Å². The van der Waals surface area contributed by atoms with Crippen LogP contribution in [0.2, 0.25) is 0 Å². The number of nitro benzene ring substituents is 1. The number of hydrogen-bond donors (Lipinski definition) is 1. The zero-order valence-corrected chi connectivity index (χ0v) is 12.1. The van der Waals surface area contributed by atoms with Crippen LogP contribution in [-0.2, 0) is 4.74 Å². The van der Waals surface area contributed by atoms with E-state index in [0.29, 0.717) is 0 Å². The number of ether oxygens (including phenoxy) is 1. The van der Waals surface area contributed by atoms with Crippen molar-refractivity contribution in [1.29, 1.82) is 0 Å². The van der Waals surface area contributed by atoms with E-state index in [2.05, 4.69) is 19.2 Å². The summed E-state index contributed by atoms with van der Waals surface area (Å²) in [7, 11) is 0. The SMILES string of the molecule is CC1(C)C(Nc2c(F)cccc2[N+](=O)[O-])C2CCCOC21. The smallest absolute Gasteiger partial charge is 0.295 e. The van der Waals surface area contributed by atoms with Crippen LogP contribution in [0.15, 0.2) is 18.2 Å². The fourth-order valence-corrected chi connectivity index (χ4v) is 3.78. The zero-order chi connectivity index (χ0) is 15.2. The topological polar surface area (TPSA) is 64.4 Å². The predicted molar refractivity (Wildman–Crippen MR) is 76.7 cm³/mol. The Morgan fingerprint density at radius 1 is 1.48 bits per heavy atom. The van der Waals surface area contributed by atoms with Gasteiger partial charge in [0.05, 0.1) is 11.0 Å². The summed E-state index contributed by atoms with van der Waals surface area (Å²) in [5.74, 6) is -0.298. The molecule has 2 fully saturated rings. The summed E-state index contributed by atoms with van der Waals surface area (Å²) >= 11 is 0. The van der Waals surface area contributed by atoms with Gasteiger partial charge in [-0.3, -0.25) is 10.1 Å². The highest BCUT2D eigenvalue weighted by Crippen LogP contribution is 2.53. The first-order chi connectivity index (χ1) is 9.93. The molecule has 6 heteroatoms. The molecule has 0 bridgehead atoms. The van der Waals surface area contributed by atoms with Crippen molar-refractivity contribution in [3.05, 3.63) is 34.1 Å². The minimum Gasteiger partial charge on any atom is -0.377 e. The lowest BCUT2D eigenvalue weighted by Gasteiger charge is -2.60. The number of nitro groups is 1. The number of nitrogens with one attached hydrogen (secondary N) is 1. The van der Waals surface area contributed by atoms with Crippen LogP contribution in [0.3, 0.4) is 0 Å². The first-order valence-corrected chi connectivity index (χ1v) is 7.24. The zero-order valence-electron chi connectivity index (χ0n) is 12.1. The highest BCUT2D eigenvalue weighted by molar-refractivity contribution is 5.63. The maximum atomic E-state index is 14.0. The Morgan fingerprint density at radius 2 is 2.24 bits per heavy atom. The fraction of sp³-hybridized carbons (Fsp3) is 0.600. The third-order valence-electron chi connectivity index (χ3n) is 4.82. The van der Waals surface area contributed by atoms with Crippen molar-refractivity contribution in [3.8, 4) is 0 Å². The molecule has 1 aromatic rings. The Bertz CT molecular complexity index is 576. The second-order valence-electron chi connectivity index (χ2n) is 6.43. The van der Waals surface area contributed by atoms with Gasteiger partial charge in [0, 0.05) is 30.0 Å². The van der Waals surface area contributed by atoms with Gasteiger partial charge in [0.25, 0.3) is 5.69 Å². The highest BCUT2D eigenvalue weighted by atomic mass is 19.1. The molecule has 1 saturated carbocycles. The van der Waals surface area contributed by atoms with Crippen LogP contribution in [0.5, 0.6) is 0 Å². The Hall–Kier alpha value is -1.69. The molecule has 5 nitrogen and oxygen atoms in total. The monoisotopic (exact) mass is 294 g/mol. The Balaban J connectivity index is 1.89. The van der Waals surface area contributed by atoms with Crippen molar-refractivity contribution in [3.63, 3.8) is 0 Å². The quantitative estimate of drug-likeness (QED) is 0.686. The molecule has 1 N–H and O–H groups in total. The molecule has 2 aliphatic rings. The molecule has 0 radical (unpaired) electrons. The lowest BCUT2D eigenvalue weighted by molar-refractivity contribution is -0.384. The second kappa shape index (κ2) is 4.94. The van der Waals surface area contributed by atoms with E-state index in [0.717, 1.165) is 19.4 Å². The van der Waals surface area contributed by atoms with E-state index in [-0.39, 0.29) is 34.9 Å². The number of anilines is 1. The Morgan fingerprint density at radius 3 is 2.95 bits per heavy atom. The number of benzene rings is 1. The number of halogens is 1. The molecular formula is C15H19FN2O3. The minimum absolute atomic E-state index is 0.00963. The maximum Gasteiger partial charge on any atom is 0.295 e. The highest BCUT2D eigenvalue weighted by Gasteiger charge is 2.58. The molecule has 1 aromatic carbocycles. The number of rotatable bonds is 3. The maximum absolute atomic E-state index is 14.0. The molecule has 3 rings (SSSR count). The van der Waals surface area contributed by atoms with Crippen LogP contribution in [-0.4, -0.2) is 23.7 Å². The summed E-state index contributed by atoms with van der Waals surface area (Å²) < 4.78 is 19.8. The van der Waals surface area contributed by atoms with Gasteiger partial charge in [0.15, 0.2) is 5.82 Å². The molecular weight excluding hydrogens is 275 g/mol. The summed E-state index contributed by atoms with van der Waals surface area (Å²) in [5, 5.41) is 14.2. The Kier molecular flexibility index (Phi) is 3.36. The molecule has 1 heterocycles. The average Bonchev–Trinajstić information content (AvgIpc) is 2.45. The Labute approximate surface area is 122 Å². The van der Waals surface area contributed by atoms with Gasteiger partial charge in [0.2, 0.25) is 0 Å². The molecule has 1 aliphatic heterocycles. The summed E-state index contributed by atoms with van der Waals surface area (Å²) in [6, 6.07) is 3.91. The standard InChI is InChI=1S/C15H19FN2O3/c1-15(2)13(9-5-4-8-21-14(9)15)17-12-10(16)6-3-7-11(12)18(19)20/h3,6-7,9,13-14,17H,4-5,8H2,1-2H3. The molecule has 1 aliphatic carbocycles. The molecule has 0 spiro atoms. The number of nitrogens with zero attached hydrogens (tertiary/aromatic N) is 1. The van der Waals surface area contributed by atoms with Crippen molar-refractivity contribution in [1.82, 2.24) is 0 Å². The van der Waals surface area contributed by atoms with E-state index >= 15 is 0 Å². The van der Waals surface area contributed by atoms with E-state index in [4.69, 9.17) is 4.74 Å². The predicted octanol–water partition coefficient (Wildman–Crippen LogP) is 3.35. The van der Waals surface area contributed by atoms with Gasteiger partial charge in [-0.05, 0) is 18.9 Å². The van der Waals surface area contributed by atoms with Gasteiger partial charge in [-0.1, -0.05) is 19.9 Å². The van der Waals surface area contributed by atoms with Crippen LogP contribution in [0, 0.1) is 27.3 Å². The van der Waals surface area contributed by atoms with E-state index in [1.54, 1.807) is 0 Å². The van der Waals surface area contributed by atoms with Gasteiger partial charge in [-0.25, -0.2) is 4.39 Å². The molecule has 3 unspecified atom stereocenters. The number of fused-ring (bicyclic) bond motifs is 1. The summed E-state index contributed by atoms with van der Waals surface area (Å²) in [4.78, 5) is 10.5. The van der Waals surface area contributed by atoms with E-state index in [9.17, 15) is 14.5 Å². The minimum atomic E-state index is -0.583. The third-order valence-corrected chi connectivity index (χ3v) is 4.82. The van der Waals surface area contributed by atoms with Crippen LogP contribution in [0.4, 0.5) is 15.8 Å². The van der Waals surface area contributed by atoms with E-state index < -0.39 is 10.7 Å². The van der Waals surface area contributed by atoms with Crippen LogP contribution >= 0.6 is 0 Å². The molecule has 1 saturated heterocycles. The summed E-state index contributed by atoms with van der Waals surface area (Å²) in [5.41, 5.74) is -0.392. The normalized spacial score (nSPS) is 30.1. The molecule has 21 heavy (non-hydrogen) atoms. The largest absolute Gasteiger partial charge is 0.377 e. The van der Waals surface area contributed by atoms with E-state index in [1.165, 1.54) is 18.2 Å². The molecule has 0 aromatic heterocycles. The van der Waals surface area contributed by atoms with Crippen molar-refractivity contribution >= 4 is 11.4 Å². The van der Waals surface area contributed by atoms with Gasteiger partial charge in [-0.15, -0.1) is 0 Å². The fourth-order valence-electron chi connectivity index (χ4n) is 3.78. The second-order valence-corrected chi connectivity index (χ2v) is 6.43. The third kappa shape index (κ3) is 2.18. The van der Waals surface area contributed by atoms with Gasteiger partial charge in [0.1, 0.15) is 5.69 Å². The van der Waals surface area contributed by atoms with Crippen molar-refractivity contribution < 1.29 is 14.1 Å². The van der Waals surface area contributed by atoms with Crippen molar-refractivity contribution in [2.75, 3.05) is 11.9 Å². The molecule has 3 atom stereocenters. The average molecular weight is 294 g/mol. The lowest BCUT2D eigenvalue weighted by atomic mass is 9.55. The first-order valence-electron chi connectivity index (χ1n) is 7.24. The molecule has 114 valence electrons. The van der Waals surface area contributed by atoms with Gasteiger partial charge in [-0.2, -0.15) is 0 Å². The van der Waals surface area contributed by atoms with Crippen LogP contribution in [0.25, 0.3) is 0 Å². The van der Waals surface area contributed by atoms with Crippen molar-refractivity contribution in [2.45, 2.75) is 38.8 Å². The summed E-state index contributed by atoms with van der Waals surface area (Å²) in [6.45, 7) is 4.88. The number of para-hydroxylation sites is 1. The summed E-state index contributed by atoms with van der Waals surface area (Å²) in [6.07, 6.45) is 2.14. The number of hydrogen-bond acceptors (Lipinski definition) is 4.